The summed E-state index contributed by atoms with van der Waals surface area (Å²) < 4.78 is 5.84. The number of nitrogens with one attached hydrogen (secondary N) is 2. The summed E-state index contributed by atoms with van der Waals surface area (Å²) in [5.41, 5.74) is 1.24. The Morgan fingerprint density at radius 1 is 1.19 bits per heavy atom. The highest BCUT2D eigenvalue weighted by Gasteiger charge is 2.04. The summed E-state index contributed by atoms with van der Waals surface area (Å²) in [6, 6.07) is 8.10. The molecular weight excluding hydrogens is 377 g/mol. The number of hydrogen-bond acceptors (Lipinski definition) is 2. The molecule has 0 aliphatic heterocycles. The van der Waals surface area contributed by atoms with Crippen LogP contribution in [0.4, 0.5) is 0 Å². The van der Waals surface area contributed by atoms with Crippen molar-refractivity contribution in [3.05, 3.63) is 29.8 Å². The summed E-state index contributed by atoms with van der Waals surface area (Å²) in [7, 11) is 0. The Morgan fingerprint density at radius 3 is 2.43 bits per heavy atom. The van der Waals surface area contributed by atoms with Crippen molar-refractivity contribution < 1.29 is 4.74 Å². The van der Waals surface area contributed by atoms with Crippen LogP contribution < -0.4 is 15.4 Å². The highest BCUT2D eigenvalue weighted by Crippen LogP contribution is 2.13. The van der Waals surface area contributed by atoms with Crippen molar-refractivity contribution in [2.75, 3.05) is 19.6 Å². The third-order valence-electron chi connectivity index (χ3n) is 2.75. The molecule has 1 atom stereocenters. The average Bonchev–Trinajstić information content (AvgIpc) is 2.44. The van der Waals surface area contributed by atoms with E-state index in [1.54, 1.807) is 0 Å². The van der Waals surface area contributed by atoms with Gasteiger partial charge in [0.1, 0.15) is 11.9 Å². The second-order valence-corrected chi connectivity index (χ2v) is 4.89. The molecule has 0 saturated heterocycles. The molecule has 1 unspecified atom stereocenters. The third-order valence-corrected chi connectivity index (χ3v) is 2.75. The van der Waals surface area contributed by atoms with Crippen molar-refractivity contribution >= 4 is 29.9 Å². The number of benzene rings is 1. The van der Waals surface area contributed by atoms with Crippen LogP contribution in [0.2, 0.25) is 0 Å². The summed E-state index contributed by atoms with van der Waals surface area (Å²) >= 11 is 0. The fourth-order valence-corrected chi connectivity index (χ4v) is 1.69. The predicted molar refractivity (Wildman–Crippen MR) is 101 cm³/mol. The molecule has 0 saturated carbocycles. The Bertz CT molecular complexity index is 406. The van der Waals surface area contributed by atoms with Gasteiger partial charge in [-0.05, 0) is 39.3 Å². The zero-order valence-electron chi connectivity index (χ0n) is 13.5. The fourth-order valence-electron chi connectivity index (χ4n) is 1.69. The van der Waals surface area contributed by atoms with E-state index < -0.39 is 0 Å². The van der Waals surface area contributed by atoms with Gasteiger partial charge in [-0.15, -0.1) is 24.0 Å². The Labute approximate surface area is 145 Å². The van der Waals surface area contributed by atoms with Crippen LogP contribution >= 0.6 is 24.0 Å². The van der Waals surface area contributed by atoms with Gasteiger partial charge < -0.3 is 15.4 Å². The number of nitrogens with zero attached hydrogens (tertiary/aromatic N) is 1. The van der Waals surface area contributed by atoms with Crippen LogP contribution in [0.25, 0.3) is 0 Å². The Morgan fingerprint density at radius 2 is 1.86 bits per heavy atom. The largest absolute Gasteiger partial charge is 0.489 e. The van der Waals surface area contributed by atoms with Gasteiger partial charge in [-0.25, -0.2) is 4.99 Å². The van der Waals surface area contributed by atoms with Gasteiger partial charge >= 0.3 is 0 Å². The quantitative estimate of drug-likeness (QED) is 0.416. The molecule has 0 fully saturated rings. The molecule has 0 aromatic heterocycles. The summed E-state index contributed by atoms with van der Waals surface area (Å²) in [5, 5.41) is 6.51. The van der Waals surface area contributed by atoms with Gasteiger partial charge in [-0.1, -0.05) is 24.6 Å². The van der Waals surface area contributed by atoms with Crippen molar-refractivity contribution in [1.29, 1.82) is 0 Å². The van der Waals surface area contributed by atoms with Gasteiger partial charge in [0, 0.05) is 13.1 Å². The number of rotatable bonds is 7. The van der Waals surface area contributed by atoms with Crippen LogP contribution in [0.1, 0.15) is 32.8 Å². The lowest BCUT2D eigenvalue weighted by Gasteiger charge is -2.15. The molecule has 21 heavy (non-hydrogen) atoms. The van der Waals surface area contributed by atoms with E-state index >= 15 is 0 Å². The second kappa shape index (κ2) is 11.7. The molecule has 0 aliphatic carbocycles. The fraction of sp³-hybridized carbons (Fsp3) is 0.562. The maximum Gasteiger partial charge on any atom is 0.191 e. The van der Waals surface area contributed by atoms with Crippen molar-refractivity contribution in [3.63, 3.8) is 0 Å². The molecule has 1 aromatic carbocycles. The predicted octanol–water partition coefficient (Wildman–Crippen LogP) is 3.35. The SMILES string of the molecule is CCCNC(=NCC(C)Oc1ccc(C)cc1)NCC.I. The minimum absolute atomic E-state index is 0. The second-order valence-electron chi connectivity index (χ2n) is 4.89. The van der Waals surface area contributed by atoms with Crippen LogP contribution in [-0.2, 0) is 0 Å². The molecule has 0 aliphatic rings. The van der Waals surface area contributed by atoms with Crippen LogP contribution in [0.5, 0.6) is 5.75 Å². The molecule has 0 radical (unpaired) electrons. The molecule has 1 rings (SSSR count). The number of halogens is 1. The molecule has 4 nitrogen and oxygen atoms in total. The number of aliphatic imine (C=N–C) groups is 1. The first-order valence-corrected chi connectivity index (χ1v) is 7.41. The molecule has 2 N–H and O–H groups in total. The van der Waals surface area contributed by atoms with Gasteiger partial charge in [-0.2, -0.15) is 0 Å². The minimum atomic E-state index is 0. The highest BCUT2D eigenvalue weighted by molar-refractivity contribution is 14.0. The minimum Gasteiger partial charge on any atom is -0.489 e. The monoisotopic (exact) mass is 405 g/mol. The van der Waals surface area contributed by atoms with E-state index in [1.165, 1.54) is 5.56 Å². The van der Waals surface area contributed by atoms with Gasteiger partial charge in [0.05, 0.1) is 6.54 Å². The molecule has 0 amide bonds. The summed E-state index contributed by atoms with van der Waals surface area (Å²) in [5.74, 6) is 1.75. The highest BCUT2D eigenvalue weighted by atomic mass is 127. The van der Waals surface area contributed by atoms with Crippen LogP contribution in [0.3, 0.4) is 0 Å². The van der Waals surface area contributed by atoms with Crippen molar-refractivity contribution in [2.24, 2.45) is 4.99 Å². The van der Waals surface area contributed by atoms with Gasteiger partial charge in [0.15, 0.2) is 5.96 Å². The first kappa shape index (κ1) is 20.0. The van der Waals surface area contributed by atoms with E-state index in [4.69, 9.17) is 4.74 Å². The van der Waals surface area contributed by atoms with Crippen LogP contribution in [-0.4, -0.2) is 31.7 Å². The van der Waals surface area contributed by atoms with Crippen molar-refractivity contribution in [1.82, 2.24) is 10.6 Å². The lowest BCUT2D eigenvalue weighted by Crippen LogP contribution is -2.38. The van der Waals surface area contributed by atoms with Gasteiger partial charge in [0.25, 0.3) is 0 Å². The number of ether oxygens (including phenoxy) is 1. The van der Waals surface area contributed by atoms with E-state index in [1.807, 2.05) is 19.1 Å². The molecule has 0 heterocycles. The molecule has 120 valence electrons. The molecule has 5 heteroatoms. The normalized spacial score (nSPS) is 12.3. The average molecular weight is 405 g/mol. The van der Waals surface area contributed by atoms with E-state index in [9.17, 15) is 0 Å². The summed E-state index contributed by atoms with van der Waals surface area (Å²) in [6.07, 6.45) is 1.13. The topological polar surface area (TPSA) is 45.7 Å². The number of guanidine groups is 1. The maximum absolute atomic E-state index is 5.84. The summed E-state index contributed by atoms with van der Waals surface area (Å²) in [4.78, 5) is 4.53. The maximum atomic E-state index is 5.84. The summed E-state index contributed by atoms with van der Waals surface area (Å²) in [6.45, 7) is 10.7. The smallest absolute Gasteiger partial charge is 0.191 e. The number of hydrogen-bond donors (Lipinski definition) is 2. The van der Waals surface area contributed by atoms with E-state index in [-0.39, 0.29) is 30.1 Å². The van der Waals surface area contributed by atoms with E-state index in [2.05, 4.69) is 48.5 Å². The van der Waals surface area contributed by atoms with Crippen molar-refractivity contribution in [3.8, 4) is 5.75 Å². The Kier molecular flexibility index (Phi) is 11.1. The molecule has 1 aromatic rings. The lowest BCUT2D eigenvalue weighted by atomic mass is 10.2. The lowest BCUT2D eigenvalue weighted by molar-refractivity contribution is 0.230. The van der Waals surface area contributed by atoms with Crippen LogP contribution in [0.15, 0.2) is 29.3 Å². The van der Waals surface area contributed by atoms with Gasteiger partial charge in [0.2, 0.25) is 0 Å². The molecular formula is C16H28IN3O. The third kappa shape index (κ3) is 8.80. The zero-order chi connectivity index (χ0) is 14.8. The molecule has 0 bridgehead atoms. The van der Waals surface area contributed by atoms with E-state index in [0.717, 1.165) is 31.2 Å². The Balaban J connectivity index is 0.00000400. The Hall–Kier alpha value is -0.980. The molecule has 0 spiro atoms. The van der Waals surface area contributed by atoms with E-state index in [0.29, 0.717) is 6.54 Å². The van der Waals surface area contributed by atoms with Crippen LogP contribution in [0, 0.1) is 6.92 Å². The van der Waals surface area contributed by atoms with Gasteiger partial charge in [-0.3, -0.25) is 0 Å². The first-order chi connectivity index (χ1) is 9.65. The number of aryl methyl sites for hydroxylation is 1. The zero-order valence-corrected chi connectivity index (χ0v) is 15.8. The standard InChI is InChI=1S/C16H27N3O.HI/c1-5-11-18-16(17-6-2)19-12-14(4)20-15-9-7-13(3)8-10-15;/h7-10,14H,5-6,11-12H2,1-4H3,(H2,17,18,19);1H. The first-order valence-electron chi connectivity index (χ1n) is 7.41. The van der Waals surface area contributed by atoms with Crippen molar-refractivity contribution in [2.45, 2.75) is 40.2 Å².